The molecule has 0 amide bonds. The first kappa shape index (κ1) is 18.2. The van der Waals surface area contributed by atoms with Crippen molar-refractivity contribution in [3.63, 3.8) is 0 Å². The second kappa shape index (κ2) is 7.33. The van der Waals surface area contributed by atoms with Crippen molar-refractivity contribution < 1.29 is 28.2 Å². The number of methoxy groups -OCH3 is 1. The van der Waals surface area contributed by atoms with Gasteiger partial charge in [0.05, 0.1) is 18.1 Å². The van der Waals surface area contributed by atoms with E-state index in [1.807, 2.05) is 0 Å². The summed E-state index contributed by atoms with van der Waals surface area (Å²) in [6.45, 7) is 2.41. The third kappa shape index (κ3) is 3.67. The molecule has 0 bridgehead atoms. The third-order valence-corrected chi connectivity index (χ3v) is 3.76. The second-order valence-corrected chi connectivity index (χ2v) is 5.66. The molecule has 3 rings (SSSR count). The number of hydrogen-bond donors (Lipinski definition) is 0. The number of hydrogen-bond acceptors (Lipinski definition) is 7. The number of ether oxygens (including phenoxy) is 3. The Morgan fingerprint density at radius 3 is 2.19 bits per heavy atom. The van der Waals surface area contributed by atoms with Gasteiger partial charge >= 0.3 is 11.9 Å². The fraction of sp³-hybridized carbons (Fsp3) is 0.150. The van der Waals surface area contributed by atoms with Crippen molar-refractivity contribution in [3.8, 4) is 28.4 Å². The summed E-state index contributed by atoms with van der Waals surface area (Å²) in [6.07, 6.45) is 1.27. The first-order valence-corrected chi connectivity index (χ1v) is 8.00. The van der Waals surface area contributed by atoms with Gasteiger partial charge in [0, 0.05) is 13.8 Å². The van der Waals surface area contributed by atoms with Crippen LogP contribution in [0.1, 0.15) is 13.8 Å². The van der Waals surface area contributed by atoms with Crippen LogP contribution in [-0.4, -0.2) is 19.0 Å². The van der Waals surface area contributed by atoms with Crippen LogP contribution >= 0.6 is 0 Å². The lowest BCUT2D eigenvalue weighted by atomic mass is 10.1. The molecule has 138 valence electrons. The first-order chi connectivity index (χ1) is 12.9. The average molecular weight is 368 g/mol. The SMILES string of the molecule is COc1ccc(-c2coc3c(OC(C)=O)c(OC(C)=O)ccc3c2=O)cc1. The van der Waals surface area contributed by atoms with Gasteiger partial charge in [-0.25, -0.2) is 0 Å². The van der Waals surface area contributed by atoms with Gasteiger partial charge in [-0.05, 0) is 29.8 Å². The summed E-state index contributed by atoms with van der Waals surface area (Å²) in [5.41, 5.74) is 0.680. The zero-order valence-corrected chi connectivity index (χ0v) is 14.9. The van der Waals surface area contributed by atoms with Gasteiger partial charge < -0.3 is 18.6 Å². The van der Waals surface area contributed by atoms with Gasteiger partial charge in [-0.3, -0.25) is 14.4 Å². The fourth-order valence-electron chi connectivity index (χ4n) is 2.60. The molecule has 0 radical (unpaired) electrons. The highest BCUT2D eigenvalue weighted by Gasteiger charge is 2.19. The summed E-state index contributed by atoms with van der Waals surface area (Å²) in [4.78, 5) is 35.6. The number of fused-ring (bicyclic) bond motifs is 1. The van der Waals surface area contributed by atoms with Crippen LogP contribution < -0.4 is 19.6 Å². The van der Waals surface area contributed by atoms with E-state index >= 15 is 0 Å². The highest BCUT2D eigenvalue weighted by atomic mass is 16.6. The highest BCUT2D eigenvalue weighted by molar-refractivity contribution is 5.91. The molecule has 0 spiro atoms. The Morgan fingerprint density at radius 1 is 0.926 bits per heavy atom. The Bertz CT molecular complexity index is 1080. The van der Waals surface area contributed by atoms with Crippen molar-refractivity contribution in [1.29, 1.82) is 0 Å². The standard InChI is InChI=1S/C20H16O7/c1-11(21)26-17-9-8-15-18(23)16(13-4-6-14(24-3)7-5-13)10-25-19(15)20(17)27-12(2)22/h4-10H,1-3H3. The van der Waals surface area contributed by atoms with Crippen LogP contribution in [-0.2, 0) is 9.59 Å². The molecule has 0 aliphatic heterocycles. The Balaban J connectivity index is 2.19. The van der Waals surface area contributed by atoms with Gasteiger partial charge in [-0.15, -0.1) is 0 Å². The molecule has 2 aromatic carbocycles. The van der Waals surface area contributed by atoms with Crippen molar-refractivity contribution in [2.75, 3.05) is 7.11 Å². The monoisotopic (exact) mass is 368 g/mol. The molecule has 0 unspecified atom stereocenters. The number of rotatable bonds is 4. The quantitative estimate of drug-likeness (QED) is 0.515. The number of esters is 2. The molecule has 7 nitrogen and oxygen atoms in total. The lowest BCUT2D eigenvalue weighted by molar-refractivity contribution is -0.134. The average Bonchev–Trinajstić information content (AvgIpc) is 2.63. The second-order valence-electron chi connectivity index (χ2n) is 5.66. The van der Waals surface area contributed by atoms with E-state index in [1.54, 1.807) is 31.4 Å². The van der Waals surface area contributed by atoms with Gasteiger partial charge in [0.1, 0.15) is 12.0 Å². The van der Waals surface area contributed by atoms with E-state index in [0.717, 1.165) is 0 Å². The predicted molar refractivity (Wildman–Crippen MR) is 97.1 cm³/mol. The van der Waals surface area contributed by atoms with E-state index in [9.17, 15) is 14.4 Å². The number of carbonyl (C=O) groups excluding carboxylic acids is 2. The Kier molecular flexibility index (Phi) is 4.94. The minimum atomic E-state index is -0.641. The molecule has 0 atom stereocenters. The summed E-state index contributed by atoms with van der Waals surface area (Å²) < 4.78 is 20.9. The van der Waals surface area contributed by atoms with Crippen molar-refractivity contribution in [1.82, 2.24) is 0 Å². The van der Waals surface area contributed by atoms with Gasteiger partial charge in [-0.2, -0.15) is 0 Å². The molecule has 1 heterocycles. The maximum Gasteiger partial charge on any atom is 0.308 e. The zero-order chi connectivity index (χ0) is 19.6. The van der Waals surface area contributed by atoms with E-state index < -0.39 is 11.9 Å². The first-order valence-electron chi connectivity index (χ1n) is 8.00. The van der Waals surface area contributed by atoms with Gasteiger partial charge in [0.15, 0.2) is 11.3 Å². The summed E-state index contributed by atoms with van der Waals surface area (Å²) in [6, 6.07) is 9.77. The zero-order valence-electron chi connectivity index (χ0n) is 14.9. The van der Waals surface area contributed by atoms with E-state index in [0.29, 0.717) is 16.9 Å². The van der Waals surface area contributed by atoms with Crippen molar-refractivity contribution in [2.45, 2.75) is 13.8 Å². The summed E-state index contributed by atoms with van der Waals surface area (Å²) >= 11 is 0. The fourth-order valence-corrected chi connectivity index (χ4v) is 2.60. The maximum absolute atomic E-state index is 12.9. The molecule has 0 aliphatic rings. The molecule has 0 fully saturated rings. The largest absolute Gasteiger partial charge is 0.497 e. The van der Waals surface area contributed by atoms with Crippen molar-refractivity contribution in [3.05, 3.63) is 52.9 Å². The molecule has 0 saturated carbocycles. The summed E-state index contributed by atoms with van der Waals surface area (Å²) in [5.74, 6) is -0.705. The smallest absolute Gasteiger partial charge is 0.308 e. The lowest BCUT2D eigenvalue weighted by Gasteiger charge is -2.11. The molecule has 0 N–H and O–H groups in total. The van der Waals surface area contributed by atoms with E-state index in [-0.39, 0.29) is 27.9 Å². The lowest BCUT2D eigenvalue weighted by Crippen LogP contribution is -2.10. The topological polar surface area (TPSA) is 92.0 Å². The number of carbonyl (C=O) groups is 2. The third-order valence-electron chi connectivity index (χ3n) is 3.76. The highest BCUT2D eigenvalue weighted by Crippen LogP contribution is 2.36. The molecular weight excluding hydrogens is 352 g/mol. The predicted octanol–water partition coefficient (Wildman–Crippen LogP) is 3.32. The molecule has 7 heteroatoms. The van der Waals surface area contributed by atoms with E-state index in [4.69, 9.17) is 18.6 Å². The molecule has 0 aliphatic carbocycles. The van der Waals surface area contributed by atoms with Crippen molar-refractivity contribution >= 4 is 22.9 Å². The Morgan fingerprint density at radius 2 is 1.59 bits per heavy atom. The van der Waals surface area contributed by atoms with Crippen LogP contribution in [0.2, 0.25) is 0 Å². The molecule has 1 aromatic heterocycles. The molecule has 3 aromatic rings. The van der Waals surface area contributed by atoms with Crippen molar-refractivity contribution in [2.24, 2.45) is 0 Å². The van der Waals surface area contributed by atoms with E-state index in [2.05, 4.69) is 0 Å². The van der Waals surface area contributed by atoms with E-state index in [1.165, 1.54) is 32.2 Å². The molecule has 0 saturated heterocycles. The van der Waals surface area contributed by atoms with Crippen LogP contribution in [0.3, 0.4) is 0 Å². The van der Waals surface area contributed by atoms with Crippen LogP contribution in [0.25, 0.3) is 22.1 Å². The van der Waals surface area contributed by atoms with Gasteiger partial charge in [0.25, 0.3) is 0 Å². The van der Waals surface area contributed by atoms with Crippen LogP contribution in [0, 0.1) is 0 Å². The van der Waals surface area contributed by atoms with Crippen LogP contribution in [0.15, 0.2) is 51.9 Å². The van der Waals surface area contributed by atoms with Gasteiger partial charge in [-0.1, -0.05) is 12.1 Å². The Hall–Kier alpha value is -3.61. The summed E-state index contributed by atoms with van der Waals surface area (Å²) in [7, 11) is 1.55. The summed E-state index contributed by atoms with van der Waals surface area (Å²) in [5, 5.41) is 0.190. The van der Waals surface area contributed by atoms with Crippen LogP contribution in [0.4, 0.5) is 0 Å². The maximum atomic E-state index is 12.9. The van der Waals surface area contributed by atoms with Crippen LogP contribution in [0.5, 0.6) is 17.2 Å². The normalized spacial score (nSPS) is 10.5. The molecular formula is C20H16O7. The van der Waals surface area contributed by atoms with Gasteiger partial charge in [0.2, 0.25) is 11.2 Å². The Labute approximate surface area is 154 Å². The minimum Gasteiger partial charge on any atom is -0.497 e. The number of benzene rings is 2. The minimum absolute atomic E-state index is 0.00875. The molecule has 27 heavy (non-hydrogen) atoms.